The van der Waals surface area contributed by atoms with Crippen molar-refractivity contribution >= 4 is 29.1 Å². The molecule has 4 rings (SSSR count). The number of ether oxygens (including phenoxy) is 1. The molecular weight excluding hydrogens is 578 g/mol. The summed E-state index contributed by atoms with van der Waals surface area (Å²) in [6.07, 6.45) is -0.509. The first-order valence-electron chi connectivity index (χ1n) is 14.2. The average molecular weight is 618 g/mol. The Balaban J connectivity index is 1.44. The molecule has 0 spiro atoms. The van der Waals surface area contributed by atoms with Crippen LogP contribution in [0.5, 0.6) is 5.88 Å². The van der Waals surface area contributed by atoms with Crippen molar-refractivity contribution in [2.75, 3.05) is 39.7 Å². The van der Waals surface area contributed by atoms with Crippen LogP contribution < -0.4 is 20.3 Å². The lowest BCUT2D eigenvalue weighted by Gasteiger charge is -2.25. The third kappa shape index (κ3) is 9.06. The van der Waals surface area contributed by atoms with Crippen LogP contribution >= 0.6 is 11.3 Å². The lowest BCUT2D eigenvalue weighted by molar-refractivity contribution is 0.0784. The molecule has 0 saturated heterocycles. The van der Waals surface area contributed by atoms with E-state index >= 15 is 0 Å². The van der Waals surface area contributed by atoms with Crippen molar-refractivity contribution in [1.29, 1.82) is 0 Å². The van der Waals surface area contributed by atoms with E-state index in [-0.39, 0.29) is 18.4 Å². The van der Waals surface area contributed by atoms with E-state index in [1.165, 1.54) is 11.3 Å². The van der Waals surface area contributed by atoms with Gasteiger partial charge in [-0.05, 0) is 37.1 Å². The van der Waals surface area contributed by atoms with E-state index in [1.807, 2.05) is 56.7 Å². The van der Waals surface area contributed by atoms with Crippen molar-refractivity contribution in [2.24, 2.45) is 0 Å². The molecule has 0 bridgehead atoms. The van der Waals surface area contributed by atoms with Crippen molar-refractivity contribution in [1.82, 2.24) is 30.5 Å². The molecule has 2 aromatic carbocycles. The van der Waals surface area contributed by atoms with Gasteiger partial charge in [0.1, 0.15) is 5.01 Å². The molecule has 12 heteroatoms. The number of methoxy groups -OCH3 is 1. The predicted molar refractivity (Wildman–Crippen MR) is 171 cm³/mol. The second-order valence-electron chi connectivity index (χ2n) is 10.7. The molecule has 0 aliphatic heterocycles. The van der Waals surface area contributed by atoms with Gasteiger partial charge >= 0.3 is 0 Å². The van der Waals surface area contributed by atoms with Gasteiger partial charge in [-0.3, -0.25) is 9.59 Å². The number of nitrogens with zero attached hydrogens (tertiary/aromatic N) is 5. The first-order valence-corrected chi connectivity index (χ1v) is 15.1. The summed E-state index contributed by atoms with van der Waals surface area (Å²) >= 11 is 1.50. The number of aliphatic hydroxyl groups is 1. The Kier molecular flexibility index (Phi) is 11.4. The maximum absolute atomic E-state index is 13.4. The molecule has 11 nitrogen and oxygen atoms in total. The molecule has 232 valence electrons. The number of amides is 2. The van der Waals surface area contributed by atoms with Crippen molar-refractivity contribution in [2.45, 2.75) is 38.6 Å². The standard InChI is InChI=1S/C32H39N7O4S/c1-21-20-44-29(34-21)19-39(4)31(42)24-13-9-12-23(15-24)30(41)36-26(14-22-10-7-6-8-11-22)27(40)18-33-17-25-16-28(43-5)37-32(35-25)38(2)3/h6-13,15-16,20,26-27,33,40H,14,17-19H2,1-5H3,(H,36,41)/t26-,27+/m0/s1. The summed E-state index contributed by atoms with van der Waals surface area (Å²) in [5.41, 5.74) is 3.31. The van der Waals surface area contributed by atoms with Crippen molar-refractivity contribution in [3.05, 3.63) is 99.1 Å². The smallest absolute Gasteiger partial charge is 0.253 e. The van der Waals surface area contributed by atoms with Gasteiger partial charge in [-0.2, -0.15) is 4.98 Å². The quantitative estimate of drug-likeness (QED) is 0.195. The van der Waals surface area contributed by atoms with E-state index in [1.54, 1.807) is 54.3 Å². The third-order valence-electron chi connectivity index (χ3n) is 6.85. The lowest BCUT2D eigenvalue weighted by Crippen LogP contribution is -2.48. The molecule has 0 unspecified atom stereocenters. The number of thiazole rings is 1. The number of anilines is 1. The molecule has 0 aliphatic rings. The monoisotopic (exact) mass is 617 g/mol. The molecule has 0 radical (unpaired) electrons. The summed E-state index contributed by atoms with van der Waals surface area (Å²) < 4.78 is 5.30. The van der Waals surface area contributed by atoms with Gasteiger partial charge < -0.3 is 30.3 Å². The molecule has 2 aromatic heterocycles. The number of carbonyl (C=O) groups is 2. The summed E-state index contributed by atoms with van der Waals surface area (Å²) in [6, 6.07) is 17.4. The molecule has 0 fully saturated rings. The van der Waals surface area contributed by atoms with Gasteiger partial charge in [-0.25, -0.2) is 9.97 Å². The van der Waals surface area contributed by atoms with Crippen LogP contribution in [0.1, 0.15) is 42.7 Å². The van der Waals surface area contributed by atoms with Gasteiger partial charge in [0.25, 0.3) is 11.8 Å². The highest BCUT2D eigenvalue weighted by Crippen LogP contribution is 2.16. The fourth-order valence-electron chi connectivity index (χ4n) is 4.51. The van der Waals surface area contributed by atoms with Crippen LogP contribution in [0.25, 0.3) is 0 Å². The number of aliphatic hydroxyl groups excluding tert-OH is 1. The van der Waals surface area contributed by atoms with Crippen molar-refractivity contribution in [3.63, 3.8) is 0 Å². The Morgan fingerprint density at radius 1 is 1.00 bits per heavy atom. The molecule has 0 aliphatic carbocycles. The maximum Gasteiger partial charge on any atom is 0.253 e. The highest BCUT2D eigenvalue weighted by Gasteiger charge is 2.23. The van der Waals surface area contributed by atoms with Crippen molar-refractivity contribution < 1.29 is 19.4 Å². The van der Waals surface area contributed by atoms with E-state index in [9.17, 15) is 14.7 Å². The number of hydrogen-bond donors (Lipinski definition) is 3. The van der Waals surface area contributed by atoms with E-state index in [4.69, 9.17) is 4.74 Å². The Morgan fingerprint density at radius 3 is 2.43 bits per heavy atom. The van der Waals surface area contributed by atoms with Crippen LogP contribution in [0, 0.1) is 6.92 Å². The normalized spacial score (nSPS) is 12.3. The Hall–Kier alpha value is -4.39. The van der Waals surface area contributed by atoms with Gasteiger partial charge in [-0.1, -0.05) is 36.4 Å². The second-order valence-corrected chi connectivity index (χ2v) is 11.6. The van der Waals surface area contributed by atoms with Gasteiger partial charge in [0.2, 0.25) is 11.8 Å². The summed E-state index contributed by atoms with van der Waals surface area (Å²) in [6.45, 7) is 2.85. The van der Waals surface area contributed by atoms with E-state index in [0.29, 0.717) is 48.2 Å². The molecular formula is C32H39N7O4S. The predicted octanol–water partition coefficient (Wildman–Crippen LogP) is 3.08. The van der Waals surface area contributed by atoms with Crippen LogP contribution in [0.4, 0.5) is 5.95 Å². The van der Waals surface area contributed by atoms with Gasteiger partial charge in [-0.15, -0.1) is 11.3 Å². The molecule has 2 atom stereocenters. The fourth-order valence-corrected chi connectivity index (χ4v) is 5.34. The van der Waals surface area contributed by atoms with Gasteiger partial charge in [0.15, 0.2) is 0 Å². The second kappa shape index (κ2) is 15.4. The average Bonchev–Trinajstić information content (AvgIpc) is 3.44. The first-order chi connectivity index (χ1) is 21.1. The fraction of sp³-hybridized carbons (Fsp3) is 0.344. The molecule has 2 heterocycles. The molecule has 2 amide bonds. The highest BCUT2D eigenvalue weighted by molar-refractivity contribution is 7.09. The molecule has 3 N–H and O–H groups in total. The Morgan fingerprint density at radius 2 is 1.75 bits per heavy atom. The largest absolute Gasteiger partial charge is 0.481 e. The minimum absolute atomic E-state index is 0.195. The lowest BCUT2D eigenvalue weighted by atomic mass is 10.00. The van der Waals surface area contributed by atoms with Crippen LogP contribution in [0.15, 0.2) is 66.0 Å². The number of rotatable bonds is 14. The number of benzene rings is 2. The number of nitrogens with one attached hydrogen (secondary N) is 2. The summed E-state index contributed by atoms with van der Waals surface area (Å²) in [7, 11) is 6.95. The zero-order valence-corrected chi connectivity index (χ0v) is 26.5. The number of hydrogen-bond acceptors (Lipinski definition) is 10. The zero-order chi connectivity index (χ0) is 31.6. The van der Waals surface area contributed by atoms with Crippen LogP contribution in [0.3, 0.4) is 0 Å². The van der Waals surface area contributed by atoms with Crippen molar-refractivity contribution in [3.8, 4) is 5.88 Å². The first kappa shape index (κ1) is 32.5. The van der Waals surface area contributed by atoms with Gasteiger partial charge in [0.05, 0.1) is 31.5 Å². The topological polar surface area (TPSA) is 133 Å². The minimum atomic E-state index is -0.922. The van der Waals surface area contributed by atoms with E-state index in [0.717, 1.165) is 16.3 Å². The highest BCUT2D eigenvalue weighted by atomic mass is 32.1. The molecule has 4 aromatic rings. The Bertz CT molecular complexity index is 1550. The number of aryl methyl sites for hydroxylation is 1. The Labute approximate surface area is 261 Å². The number of carbonyl (C=O) groups excluding carboxylic acids is 2. The SMILES string of the molecule is COc1cc(CNC[C@@H](O)[C@H](Cc2ccccc2)NC(=O)c2cccc(C(=O)N(C)Cc3nc(C)cs3)c2)nc(N(C)C)n1. The number of aromatic nitrogens is 3. The van der Waals surface area contributed by atoms with Crippen LogP contribution in [-0.4, -0.2) is 83.7 Å². The maximum atomic E-state index is 13.4. The summed E-state index contributed by atoms with van der Waals surface area (Å²) in [5.74, 6) is 0.368. The van der Waals surface area contributed by atoms with Crippen LogP contribution in [-0.2, 0) is 19.5 Å². The molecule has 44 heavy (non-hydrogen) atoms. The van der Waals surface area contributed by atoms with E-state index < -0.39 is 12.1 Å². The van der Waals surface area contributed by atoms with Gasteiger partial charge in [0, 0.05) is 62.5 Å². The van der Waals surface area contributed by atoms with Crippen LogP contribution in [0.2, 0.25) is 0 Å². The summed E-state index contributed by atoms with van der Waals surface area (Å²) in [4.78, 5) is 43.2. The third-order valence-corrected chi connectivity index (χ3v) is 7.80. The summed E-state index contributed by atoms with van der Waals surface area (Å²) in [5, 5.41) is 20.3. The zero-order valence-electron chi connectivity index (χ0n) is 25.7. The molecule has 0 saturated carbocycles. The minimum Gasteiger partial charge on any atom is -0.481 e. The van der Waals surface area contributed by atoms with E-state index in [2.05, 4.69) is 25.6 Å².